The average molecular weight is 214 g/mol. The molecular weight excluding hydrogens is 192 g/mol. The highest BCUT2D eigenvalue weighted by atomic mass is 16.5. The minimum Gasteiger partial charge on any atom is -0.380 e. The topological polar surface area (TPSA) is 33.7 Å². The minimum absolute atomic E-state index is 0.394. The van der Waals surface area contributed by atoms with Crippen molar-refractivity contribution in [1.29, 1.82) is 0 Å². The zero-order valence-corrected chi connectivity index (χ0v) is 9.63. The highest BCUT2D eigenvalue weighted by Gasteiger charge is 2.32. The van der Waals surface area contributed by atoms with E-state index in [9.17, 15) is 0 Å². The Morgan fingerprint density at radius 3 is 2.53 bits per heavy atom. The summed E-state index contributed by atoms with van der Waals surface area (Å²) in [6.45, 7) is 11.4. The lowest BCUT2D eigenvalue weighted by molar-refractivity contribution is -0.0991. The van der Waals surface area contributed by atoms with E-state index in [1.807, 2.05) is 0 Å². The first-order valence-corrected chi connectivity index (χ1v) is 5.87. The Hall–Kier alpha value is -0.160. The van der Waals surface area contributed by atoms with Crippen LogP contribution in [0.25, 0.3) is 0 Å². The molecule has 15 heavy (non-hydrogen) atoms. The molecule has 0 aliphatic carbocycles. The summed E-state index contributed by atoms with van der Waals surface area (Å²) >= 11 is 0. The summed E-state index contributed by atoms with van der Waals surface area (Å²) in [6.07, 6.45) is 0. The molecule has 88 valence electrons. The second-order valence-corrected chi connectivity index (χ2v) is 4.93. The van der Waals surface area contributed by atoms with E-state index in [0.29, 0.717) is 5.41 Å². The maximum Gasteiger partial charge on any atom is 0.0594 e. The molecule has 2 rings (SSSR count). The Morgan fingerprint density at radius 2 is 1.93 bits per heavy atom. The molecule has 0 aromatic rings. The number of nitrogens with one attached hydrogen (secondary N) is 1. The van der Waals surface area contributed by atoms with Gasteiger partial charge in [0.1, 0.15) is 0 Å². The summed E-state index contributed by atoms with van der Waals surface area (Å²) in [5.74, 6) is 0. The molecule has 0 spiro atoms. The molecule has 2 fully saturated rings. The van der Waals surface area contributed by atoms with Crippen LogP contribution in [0.3, 0.4) is 0 Å². The number of nitrogens with zero attached hydrogens (tertiary/aromatic N) is 1. The van der Waals surface area contributed by atoms with Gasteiger partial charge in [0.05, 0.1) is 26.4 Å². The molecule has 2 aliphatic heterocycles. The van der Waals surface area contributed by atoms with Crippen molar-refractivity contribution in [3.05, 3.63) is 0 Å². The van der Waals surface area contributed by atoms with E-state index in [-0.39, 0.29) is 0 Å². The largest absolute Gasteiger partial charge is 0.380 e. The van der Waals surface area contributed by atoms with Crippen molar-refractivity contribution >= 4 is 0 Å². The molecule has 0 unspecified atom stereocenters. The molecule has 0 saturated carbocycles. The van der Waals surface area contributed by atoms with Crippen molar-refractivity contribution in [2.24, 2.45) is 5.41 Å². The summed E-state index contributed by atoms with van der Waals surface area (Å²) in [4.78, 5) is 2.45. The van der Waals surface area contributed by atoms with Crippen LogP contribution < -0.4 is 5.32 Å². The Morgan fingerprint density at radius 1 is 1.20 bits per heavy atom. The van der Waals surface area contributed by atoms with Crippen molar-refractivity contribution in [2.45, 2.75) is 6.92 Å². The first kappa shape index (κ1) is 11.3. The van der Waals surface area contributed by atoms with Crippen molar-refractivity contribution in [1.82, 2.24) is 10.2 Å². The lowest BCUT2D eigenvalue weighted by Gasteiger charge is -2.38. The molecule has 2 aliphatic rings. The molecule has 0 amide bonds. The summed E-state index contributed by atoms with van der Waals surface area (Å²) in [5.41, 5.74) is 0.394. The van der Waals surface area contributed by atoms with E-state index in [1.54, 1.807) is 0 Å². The maximum atomic E-state index is 5.31. The number of hydrogen-bond acceptors (Lipinski definition) is 4. The Balaban J connectivity index is 1.50. The van der Waals surface area contributed by atoms with Gasteiger partial charge in [0.25, 0.3) is 0 Å². The predicted molar refractivity (Wildman–Crippen MR) is 59.1 cm³/mol. The van der Waals surface area contributed by atoms with Crippen LogP contribution in [0.1, 0.15) is 6.92 Å². The molecule has 2 saturated heterocycles. The van der Waals surface area contributed by atoms with E-state index in [2.05, 4.69) is 17.1 Å². The second-order valence-electron chi connectivity index (χ2n) is 4.93. The number of ether oxygens (including phenoxy) is 2. The van der Waals surface area contributed by atoms with Crippen molar-refractivity contribution in [3.63, 3.8) is 0 Å². The quantitative estimate of drug-likeness (QED) is 0.650. The number of rotatable bonds is 5. The van der Waals surface area contributed by atoms with Crippen LogP contribution in [0.4, 0.5) is 0 Å². The van der Waals surface area contributed by atoms with Gasteiger partial charge in [-0.15, -0.1) is 0 Å². The zero-order chi connectivity index (χ0) is 10.6. The van der Waals surface area contributed by atoms with Gasteiger partial charge in [-0.1, -0.05) is 6.92 Å². The third kappa shape index (κ3) is 3.41. The van der Waals surface area contributed by atoms with E-state index in [4.69, 9.17) is 9.47 Å². The molecule has 4 nitrogen and oxygen atoms in total. The second kappa shape index (κ2) is 5.25. The van der Waals surface area contributed by atoms with E-state index in [0.717, 1.165) is 59.2 Å². The Bertz CT molecular complexity index is 189. The predicted octanol–water partition coefficient (Wildman–Crippen LogP) is -0.0553. The lowest BCUT2D eigenvalue weighted by atomic mass is 9.89. The van der Waals surface area contributed by atoms with Gasteiger partial charge in [0, 0.05) is 38.1 Å². The summed E-state index contributed by atoms with van der Waals surface area (Å²) < 4.78 is 10.5. The molecular formula is C11H22N2O2. The monoisotopic (exact) mass is 214 g/mol. The normalized spacial score (nSPS) is 26.2. The Kier molecular flexibility index (Phi) is 3.97. The maximum absolute atomic E-state index is 5.31. The van der Waals surface area contributed by atoms with E-state index < -0.39 is 0 Å². The van der Waals surface area contributed by atoms with E-state index in [1.165, 1.54) is 0 Å². The van der Waals surface area contributed by atoms with Crippen LogP contribution in [0, 0.1) is 5.41 Å². The van der Waals surface area contributed by atoms with Crippen LogP contribution in [0.15, 0.2) is 0 Å². The fourth-order valence-corrected chi connectivity index (χ4v) is 2.00. The molecule has 2 heterocycles. The third-order valence-corrected chi connectivity index (χ3v) is 3.16. The molecule has 1 N–H and O–H groups in total. The van der Waals surface area contributed by atoms with Gasteiger partial charge >= 0.3 is 0 Å². The molecule has 0 bridgehead atoms. The minimum atomic E-state index is 0.394. The molecule has 0 aromatic carbocycles. The van der Waals surface area contributed by atoms with Crippen molar-refractivity contribution < 1.29 is 9.47 Å². The lowest BCUT2D eigenvalue weighted by Crippen LogP contribution is -2.49. The first-order chi connectivity index (χ1) is 7.29. The highest BCUT2D eigenvalue weighted by Crippen LogP contribution is 2.24. The first-order valence-electron chi connectivity index (χ1n) is 5.87. The van der Waals surface area contributed by atoms with Crippen LogP contribution in [0.5, 0.6) is 0 Å². The SMILES string of the molecule is CC1(CNCCN2CCOCC2)COC1. The number of morpholine rings is 1. The van der Waals surface area contributed by atoms with E-state index >= 15 is 0 Å². The smallest absolute Gasteiger partial charge is 0.0594 e. The standard InChI is InChI=1S/C11H22N2O2/c1-11(9-15-10-11)8-12-2-3-13-4-6-14-7-5-13/h12H,2-10H2,1H3. The molecule has 0 atom stereocenters. The van der Waals surface area contributed by atoms with Gasteiger partial charge in [0.2, 0.25) is 0 Å². The fourth-order valence-electron chi connectivity index (χ4n) is 2.00. The van der Waals surface area contributed by atoms with Gasteiger partial charge in [-0.3, -0.25) is 4.90 Å². The summed E-state index contributed by atoms with van der Waals surface area (Å²) in [5, 5.41) is 3.51. The molecule has 0 radical (unpaired) electrons. The van der Waals surface area contributed by atoms with Gasteiger partial charge < -0.3 is 14.8 Å². The molecule has 4 heteroatoms. The van der Waals surface area contributed by atoms with Crippen molar-refractivity contribution in [2.75, 3.05) is 59.2 Å². The molecule has 0 aromatic heterocycles. The highest BCUT2D eigenvalue weighted by molar-refractivity contribution is 4.82. The van der Waals surface area contributed by atoms with Gasteiger partial charge in [-0.25, -0.2) is 0 Å². The van der Waals surface area contributed by atoms with Crippen LogP contribution in [0.2, 0.25) is 0 Å². The average Bonchev–Trinajstić information content (AvgIpc) is 2.23. The summed E-state index contributed by atoms with van der Waals surface area (Å²) in [6, 6.07) is 0. The van der Waals surface area contributed by atoms with Crippen molar-refractivity contribution in [3.8, 4) is 0 Å². The zero-order valence-electron chi connectivity index (χ0n) is 9.63. The third-order valence-electron chi connectivity index (χ3n) is 3.16. The number of hydrogen-bond donors (Lipinski definition) is 1. The van der Waals surface area contributed by atoms with Gasteiger partial charge in [-0.2, -0.15) is 0 Å². The van der Waals surface area contributed by atoms with Crippen LogP contribution >= 0.6 is 0 Å². The van der Waals surface area contributed by atoms with Crippen LogP contribution in [-0.4, -0.2) is 64.1 Å². The van der Waals surface area contributed by atoms with Crippen LogP contribution in [-0.2, 0) is 9.47 Å². The van der Waals surface area contributed by atoms with Gasteiger partial charge in [-0.05, 0) is 0 Å². The fraction of sp³-hybridized carbons (Fsp3) is 1.00. The Labute approximate surface area is 91.9 Å². The van der Waals surface area contributed by atoms with Gasteiger partial charge in [0.15, 0.2) is 0 Å². The summed E-state index contributed by atoms with van der Waals surface area (Å²) in [7, 11) is 0.